The number of halogens is 3. The maximum absolute atomic E-state index is 14.3. The number of aromatic nitrogens is 5. The lowest BCUT2D eigenvalue weighted by Gasteiger charge is -2.30. The van der Waals surface area contributed by atoms with Crippen LogP contribution in [-0.2, 0) is 6.54 Å². The van der Waals surface area contributed by atoms with E-state index in [0.717, 1.165) is 25.5 Å². The highest BCUT2D eigenvalue weighted by Crippen LogP contribution is 2.30. The molecule has 1 atom stereocenters. The maximum atomic E-state index is 14.3. The molecule has 0 aliphatic carbocycles. The quantitative estimate of drug-likeness (QED) is 0.351. The van der Waals surface area contributed by atoms with E-state index in [1.54, 1.807) is 12.1 Å². The third kappa shape index (κ3) is 4.34. The molecule has 5 aromatic rings. The molecule has 39 heavy (non-hydrogen) atoms. The molecule has 1 aliphatic rings. The van der Waals surface area contributed by atoms with Crippen LogP contribution in [0.1, 0.15) is 18.4 Å². The van der Waals surface area contributed by atoms with Crippen LogP contribution in [0, 0.1) is 23.0 Å². The van der Waals surface area contributed by atoms with E-state index in [2.05, 4.69) is 26.1 Å². The minimum atomic E-state index is -0.878. The van der Waals surface area contributed by atoms with E-state index in [4.69, 9.17) is 16.1 Å². The Morgan fingerprint density at radius 2 is 2.05 bits per heavy atom. The molecule has 1 unspecified atom stereocenters. The second kappa shape index (κ2) is 9.85. The fourth-order valence-corrected chi connectivity index (χ4v) is 5.23. The Morgan fingerprint density at radius 3 is 2.82 bits per heavy atom. The molecule has 13 heteroatoms. The van der Waals surface area contributed by atoms with Gasteiger partial charge in [0.2, 0.25) is 5.82 Å². The van der Waals surface area contributed by atoms with Gasteiger partial charge in [-0.15, -0.1) is 0 Å². The van der Waals surface area contributed by atoms with Gasteiger partial charge in [-0.05, 0) is 43.7 Å². The predicted molar refractivity (Wildman–Crippen MR) is 137 cm³/mol. The van der Waals surface area contributed by atoms with Crippen molar-refractivity contribution in [2.24, 2.45) is 0 Å². The lowest BCUT2D eigenvalue weighted by molar-refractivity contribution is 0.0690. The molecule has 2 aromatic carbocycles. The van der Waals surface area contributed by atoms with E-state index in [1.165, 1.54) is 21.4 Å². The molecule has 1 fully saturated rings. The van der Waals surface area contributed by atoms with Crippen molar-refractivity contribution in [3.05, 3.63) is 69.2 Å². The number of imidazole rings is 1. The average molecular weight is 552 g/mol. The lowest BCUT2D eigenvalue weighted by atomic mass is 10.1. The van der Waals surface area contributed by atoms with Crippen LogP contribution in [0.25, 0.3) is 39.5 Å². The Morgan fingerprint density at radius 1 is 1.21 bits per heavy atom. The summed E-state index contributed by atoms with van der Waals surface area (Å²) in [5.74, 6) is -1.89. The summed E-state index contributed by atoms with van der Waals surface area (Å²) in [4.78, 5) is 24.6. The van der Waals surface area contributed by atoms with Gasteiger partial charge in [-0.1, -0.05) is 16.8 Å². The first-order valence-electron chi connectivity index (χ1n) is 12.2. The number of hydrogen-bond donors (Lipinski definition) is 1. The first kappa shape index (κ1) is 25.1. The summed E-state index contributed by atoms with van der Waals surface area (Å²) < 4.78 is 35.9. The number of nitrogens with zero attached hydrogens (tertiary/aromatic N) is 7. The van der Waals surface area contributed by atoms with Gasteiger partial charge in [-0.2, -0.15) is 10.2 Å². The molecule has 6 rings (SSSR count). The van der Waals surface area contributed by atoms with Crippen LogP contribution in [0.2, 0.25) is 5.02 Å². The molecule has 0 spiro atoms. The highest BCUT2D eigenvalue weighted by atomic mass is 35.5. The largest absolute Gasteiger partial charge is 0.392 e. The van der Waals surface area contributed by atoms with Crippen molar-refractivity contribution in [2.45, 2.75) is 25.5 Å². The van der Waals surface area contributed by atoms with Crippen LogP contribution in [0.3, 0.4) is 0 Å². The number of fused-ring (bicyclic) bond motifs is 3. The molecule has 4 heterocycles. The standard InChI is InChI=1S/C26H20ClF2N7O3/c27-18-5-6-20-22(17(18)11-30)35(9-8-34-7-1-2-15(37)12-34)26(38)23-21(31-13-36(20)23)24-32-25(39-33-24)16-4-3-14(28)10-19(16)29/h3-6,10,13,15,37H,1-2,7-9,12H2. The van der Waals surface area contributed by atoms with Crippen LogP contribution < -0.4 is 5.56 Å². The fraction of sp³-hybridized carbons (Fsp3) is 0.269. The summed E-state index contributed by atoms with van der Waals surface area (Å²) in [6.45, 7) is 1.95. The Kier molecular flexibility index (Phi) is 6.34. The predicted octanol–water partition coefficient (Wildman–Crippen LogP) is 3.63. The van der Waals surface area contributed by atoms with Crippen LogP contribution in [0.5, 0.6) is 0 Å². The third-order valence-corrected chi connectivity index (χ3v) is 7.20. The van der Waals surface area contributed by atoms with Crippen molar-refractivity contribution in [3.63, 3.8) is 0 Å². The van der Waals surface area contributed by atoms with Crippen molar-refractivity contribution in [1.29, 1.82) is 5.26 Å². The number of β-amino-alcohol motifs (C(OH)–C–C–N with tert-alkyl or cyclic N) is 1. The number of hydrogen-bond acceptors (Lipinski definition) is 8. The monoisotopic (exact) mass is 551 g/mol. The van der Waals surface area contributed by atoms with E-state index >= 15 is 0 Å². The Labute approximate surface area is 224 Å². The molecule has 0 amide bonds. The van der Waals surface area contributed by atoms with Crippen molar-refractivity contribution in [2.75, 3.05) is 19.6 Å². The van der Waals surface area contributed by atoms with Crippen molar-refractivity contribution in [3.8, 4) is 29.0 Å². The van der Waals surface area contributed by atoms with Crippen LogP contribution in [0.15, 0.2) is 46.0 Å². The second-order valence-electron chi connectivity index (χ2n) is 9.31. The third-order valence-electron chi connectivity index (χ3n) is 6.88. The molecular weight excluding hydrogens is 532 g/mol. The van der Waals surface area contributed by atoms with Gasteiger partial charge in [0.05, 0.1) is 33.3 Å². The molecule has 0 radical (unpaired) electrons. The summed E-state index contributed by atoms with van der Waals surface area (Å²) in [6.07, 6.45) is 2.54. The summed E-state index contributed by atoms with van der Waals surface area (Å²) in [6, 6.07) is 8.31. The van der Waals surface area contributed by atoms with E-state index in [9.17, 15) is 23.9 Å². The number of piperidine rings is 1. The number of aliphatic hydroxyl groups excluding tert-OH is 1. The molecule has 0 saturated carbocycles. The zero-order valence-corrected chi connectivity index (χ0v) is 21.1. The SMILES string of the molecule is N#Cc1c(Cl)ccc2c1n(CCN1CCCC(O)C1)c(=O)c1c(-c3noc(-c4ccc(F)cc4F)n3)ncn12. The van der Waals surface area contributed by atoms with E-state index in [1.807, 2.05) is 0 Å². The second-order valence-corrected chi connectivity index (χ2v) is 9.72. The zero-order chi connectivity index (χ0) is 27.3. The van der Waals surface area contributed by atoms with Crippen molar-refractivity contribution >= 4 is 28.2 Å². The summed E-state index contributed by atoms with van der Waals surface area (Å²) in [5, 5.41) is 24.0. The molecule has 1 aliphatic heterocycles. The smallest absolute Gasteiger partial charge is 0.277 e. The Hall–Kier alpha value is -4.18. The van der Waals surface area contributed by atoms with Gasteiger partial charge in [0.1, 0.15) is 35.2 Å². The van der Waals surface area contributed by atoms with Crippen LogP contribution >= 0.6 is 11.6 Å². The minimum absolute atomic E-state index is 0.0622. The van der Waals surface area contributed by atoms with Gasteiger partial charge in [0.25, 0.3) is 11.4 Å². The summed E-state index contributed by atoms with van der Waals surface area (Å²) in [7, 11) is 0. The van der Waals surface area contributed by atoms with Crippen molar-refractivity contribution in [1.82, 2.24) is 29.0 Å². The molecule has 0 bridgehead atoms. The van der Waals surface area contributed by atoms with Crippen LogP contribution in [-0.4, -0.2) is 59.8 Å². The summed E-state index contributed by atoms with van der Waals surface area (Å²) in [5.41, 5.74) is 0.664. The van der Waals surface area contributed by atoms with Gasteiger partial charge < -0.3 is 14.2 Å². The van der Waals surface area contributed by atoms with Gasteiger partial charge in [-0.25, -0.2) is 13.8 Å². The molecule has 1 saturated heterocycles. The highest BCUT2D eigenvalue weighted by Gasteiger charge is 2.25. The number of benzene rings is 2. The molecule has 3 aromatic heterocycles. The minimum Gasteiger partial charge on any atom is -0.392 e. The summed E-state index contributed by atoms with van der Waals surface area (Å²) >= 11 is 6.34. The molecule has 1 N–H and O–H groups in total. The van der Waals surface area contributed by atoms with Gasteiger partial charge in [0.15, 0.2) is 0 Å². The first-order chi connectivity index (χ1) is 18.9. The number of aliphatic hydroxyl groups is 1. The van der Waals surface area contributed by atoms with Crippen LogP contribution in [0.4, 0.5) is 8.78 Å². The first-order valence-corrected chi connectivity index (χ1v) is 12.6. The number of nitriles is 1. The highest BCUT2D eigenvalue weighted by molar-refractivity contribution is 6.32. The van der Waals surface area contributed by atoms with E-state index in [-0.39, 0.29) is 45.6 Å². The van der Waals surface area contributed by atoms with E-state index < -0.39 is 23.3 Å². The lowest BCUT2D eigenvalue weighted by Crippen LogP contribution is -2.41. The number of likely N-dealkylation sites (tertiary alicyclic amines) is 1. The normalized spacial score (nSPS) is 16.2. The van der Waals surface area contributed by atoms with Gasteiger partial charge >= 0.3 is 0 Å². The van der Waals surface area contributed by atoms with Gasteiger partial charge in [-0.3, -0.25) is 14.1 Å². The Balaban J connectivity index is 1.51. The Bertz CT molecular complexity index is 1840. The van der Waals surface area contributed by atoms with Gasteiger partial charge in [0, 0.05) is 25.7 Å². The maximum Gasteiger partial charge on any atom is 0.277 e. The van der Waals surface area contributed by atoms with E-state index in [0.29, 0.717) is 30.2 Å². The number of rotatable bonds is 5. The zero-order valence-electron chi connectivity index (χ0n) is 20.3. The van der Waals surface area contributed by atoms with Crippen molar-refractivity contribution < 1.29 is 18.4 Å². The molecule has 10 nitrogen and oxygen atoms in total. The average Bonchev–Trinajstić information content (AvgIpc) is 3.56. The molecule has 198 valence electrons. The topological polar surface area (TPSA) is 125 Å². The molecular formula is C26H20ClF2N7O3. The fourth-order valence-electron chi connectivity index (χ4n) is 5.04.